The van der Waals surface area contributed by atoms with E-state index in [9.17, 15) is 58.2 Å². The number of Topliss-reactive ketones (excluding diaryl/α,β-unsaturated/α-hetero) is 1. The largest absolute Gasteiger partial charge is 0.508 e. The van der Waals surface area contributed by atoms with Gasteiger partial charge in [-0.1, -0.05) is 73.3 Å². The van der Waals surface area contributed by atoms with Crippen LogP contribution in [0.15, 0.2) is 123 Å². The number of nitrogens with zero attached hydrogens (tertiary/aromatic N) is 6. The Bertz CT molecular complexity index is 4290. The second-order valence-electron chi connectivity index (χ2n) is 26.6. The van der Waals surface area contributed by atoms with E-state index in [1.54, 1.807) is 50.5 Å². The van der Waals surface area contributed by atoms with E-state index in [1.165, 1.54) is 54.1 Å². The molecule has 38 heteroatoms. The molecule has 0 fully saturated rings. The number of phenols is 2. The average molecular weight is 1660 g/mol. The standard InChI is InChI=1S/C75H96BrFN16O19S/c1-45(2)55-41-64(96)60(36-47-11-16-52(94)17-12-47)85-73(103)62(38-49-42-80-58-9-5-4-8-54(49)58)87-74(104)63(40-51-43-93(92-88-51)23-7-6-10-59(68(78)99)84-72(102)61(37-48-13-18-53(95)19-14-48)86-70(100)46(3)81-71(55)101)83-65(97)21-24-106-26-28-108-30-32-110-34-35-111-33-31-109-29-27-107-25-22-79-66(98)44-113-75-67(90-112-91-75)69(89-105)82-50-15-20-57(77)56(76)39-50/h4-5,8-9,11-20,39,42-43,45-46,55,59-63,80,94-95,105H,6-7,10,21-38,40-41,44H2,1-3H3,(H2,78,99)(H,79,98)(H,81,101)(H,82,89)(H,83,97)(H,84,102)(H,85,103)(H,86,100)(H,87,104)/t46-,55-,59+,60-,61-,62-,63+/m1/s1. The topological polar surface area (TPSA) is 490 Å². The summed E-state index contributed by atoms with van der Waals surface area (Å²) in [6.07, 6.45) is 2.86. The number of H-pyrrole nitrogens is 1. The van der Waals surface area contributed by atoms with Gasteiger partial charge in [-0.15, -0.1) is 5.10 Å². The van der Waals surface area contributed by atoms with Crippen molar-refractivity contribution in [2.75, 3.05) is 91.6 Å². The first-order valence-corrected chi connectivity index (χ1v) is 38.5. The van der Waals surface area contributed by atoms with Crippen LogP contribution in [0.3, 0.4) is 0 Å². The Morgan fingerprint density at radius 3 is 1.92 bits per heavy atom. The zero-order valence-corrected chi connectivity index (χ0v) is 65.1. The number of fused-ring (bicyclic) bond motifs is 3. The molecule has 7 aromatic rings. The van der Waals surface area contributed by atoms with Crippen LogP contribution in [0, 0.1) is 17.7 Å². The molecule has 8 rings (SSSR count). The van der Waals surface area contributed by atoms with Gasteiger partial charge < -0.3 is 86.6 Å². The molecule has 0 radical (unpaired) electrons. The number of hydrogen-bond acceptors (Lipinski definition) is 25. The van der Waals surface area contributed by atoms with Crippen molar-refractivity contribution < 1.29 is 96.0 Å². The Labute approximate surface area is 662 Å². The molecule has 7 atom stereocenters. The van der Waals surface area contributed by atoms with E-state index in [0.29, 0.717) is 68.3 Å². The number of ether oxygens (including phenoxy) is 6. The number of thioether (sulfide) groups is 1. The molecule has 2 bridgehead atoms. The summed E-state index contributed by atoms with van der Waals surface area (Å²) < 4.78 is 53.7. The van der Waals surface area contributed by atoms with Gasteiger partial charge in [0.1, 0.15) is 47.5 Å². The van der Waals surface area contributed by atoms with Crippen molar-refractivity contribution in [2.45, 2.75) is 126 Å². The number of ketones is 1. The highest BCUT2D eigenvalue weighted by molar-refractivity contribution is 9.10. The number of hydroxylamine groups is 1. The van der Waals surface area contributed by atoms with Crippen LogP contribution >= 0.6 is 27.7 Å². The number of amides is 8. The van der Waals surface area contributed by atoms with Crippen molar-refractivity contribution in [2.24, 2.45) is 22.6 Å². The number of aliphatic imine (C=N–C) groups is 1. The summed E-state index contributed by atoms with van der Waals surface area (Å²) >= 11 is 4.08. The van der Waals surface area contributed by atoms with Crippen LogP contribution in [0.25, 0.3) is 10.9 Å². The highest BCUT2D eigenvalue weighted by atomic mass is 79.9. The number of primary amides is 1. The van der Waals surface area contributed by atoms with Gasteiger partial charge in [-0.25, -0.2) is 14.0 Å². The molecule has 0 unspecified atom stereocenters. The quantitative estimate of drug-likeness (QED) is 0.00892. The number of phenolic OH excluding ortho intramolecular Hbond substituents is 2. The Morgan fingerprint density at radius 2 is 1.29 bits per heavy atom. The van der Waals surface area contributed by atoms with Gasteiger partial charge in [0.15, 0.2) is 22.3 Å². The number of nitrogens with one attached hydrogen (secondary N) is 9. The molecule has 610 valence electrons. The smallest absolute Gasteiger partial charge is 0.243 e. The zero-order chi connectivity index (χ0) is 81.0. The van der Waals surface area contributed by atoms with E-state index in [4.69, 9.17) is 38.8 Å². The molecule has 113 heavy (non-hydrogen) atoms. The fourth-order valence-corrected chi connectivity index (χ4v) is 12.7. The van der Waals surface area contributed by atoms with Crippen LogP contribution in [-0.2, 0) is 104 Å². The first kappa shape index (κ1) is 88.2. The maximum absolute atomic E-state index is 15.1. The normalized spacial score (nSPS) is 18.9. The van der Waals surface area contributed by atoms with Gasteiger partial charge in [-0.05, 0) is 130 Å². The van der Waals surface area contributed by atoms with E-state index in [1.807, 2.05) is 29.7 Å². The number of aromatic nitrogens is 6. The Hall–Kier alpha value is -10.3. The number of aryl methyl sites for hydroxylation is 1. The molecule has 4 aromatic carbocycles. The van der Waals surface area contributed by atoms with Crippen molar-refractivity contribution in [1.82, 2.24) is 73.0 Å². The molecule has 0 saturated heterocycles. The van der Waals surface area contributed by atoms with E-state index in [2.05, 4.69) is 83.7 Å². The summed E-state index contributed by atoms with van der Waals surface area (Å²) in [6, 6.07) is 15.3. The van der Waals surface area contributed by atoms with Gasteiger partial charge >= 0.3 is 0 Å². The third-order valence-corrected chi connectivity index (χ3v) is 19.3. The lowest BCUT2D eigenvalue weighted by Crippen LogP contribution is -2.57. The first-order chi connectivity index (χ1) is 54.5. The fraction of sp³-hybridized carbons (Fsp3) is 0.467. The van der Waals surface area contributed by atoms with Gasteiger partial charge in [0.25, 0.3) is 0 Å². The van der Waals surface area contributed by atoms with Gasteiger partial charge in [0.2, 0.25) is 47.3 Å². The lowest BCUT2D eigenvalue weighted by molar-refractivity contribution is -0.136. The van der Waals surface area contributed by atoms with E-state index < -0.39 is 107 Å². The number of benzene rings is 4. The van der Waals surface area contributed by atoms with Gasteiger partial charge in [-0.2, -0.15) is 0 Å². The maximum Gasteiger partial charge on any atom is 0.243 e. The lowest BCUT2D eigenvalue weighted by atomic mass is 9.86. The Morgan fingerprint density at radius 1 is 0.699 bits per heavy atom. The summed E-state index contributed by atoms with van der Waals surface area (Å²) in [5.41, 5.74) is 10.8. The van der Waals surface area contributed by atoms with Crippen LogP contribution in [-0.4, -0.2) is 232 Å². The number of carbonyl (C=O) groups excluding carboxylic acids is 9. The molecule has 35 nitrogen and oxygen atoms in total. The molecule has 0 saturated carbocycles. The zero-order valence-electron chi connectivity index (χ0n) is 62.7. The van der Waals surface area contributed by atoms with Crippen molar-refractivity contribution in [3.05, 3.63) is 142 Å². The van der Waals surface area contributed by atoms with Gasteiger partial charge in [0, 0.05) is 74.4 Å². The third-order valence-electron chi connectivity index (χ3n) is 17.8. The molecule has 14 N–H and O–H groups in total. The average Bonchev–Trinajstić information content (AvgIpc) is 1.74. The minimum absolute atomic E-state index is 0.0401. The highest BCUT2D eigenvalue weighted by Crippen LogP contribution is 2.27. The van der Waals surface area contributed by atoms with Crippen molar-refractivity contribution in [1.29, 1.82) is 0 Å². The molecule has 0 aliphatic carbocycles. The summed E-state index contributed by atoms with van der Waals surface area (Å²) in [6.45, 7) is 8.05. The van der Waals surface area contributed by atoms with E-state index in [-0.39, 0.29) is 148 Å². The van der Waals surface area contributed by atoms with E-state index in [0.717, 1.165) is 22.7 Å². The van der Waals surface area contributed by atoms with Gasteiger partial charge in [-0.3, -0.25) is 58.5 Å². The molecule has 1 aliphatic heterocycles. The molecular formula is C75H96BrFN16O19S. The SMILES string of the molecule is CC(C)[C@H]1CC(=O)[C@@H](Cc2ccc(O)cc2)NC(=O)[C@@H](Cc2c[nH]c3ccccc23)NC(=O)[C@@H](NC(=O)CCOCCOCCOCCOCCOCCOCCNC(=O)CSc2nonc2C(=Nc2ccc(F)c(Br)c2)NO)Cc2cn(nn2)CCCC[C@@H](C(N)=O)NC(=O)[C@@H](Cc2ccc(O)cc2)NC(=O)[C@@H](C)NC1=O. The van der Waals surface area contributed by atoms with Crippen LogP contribution in [0.1, 0.15) is 81.0 Å². The number of halogens is 2. The second kappa shape index (κ2) is 46.6. The van der Waals surface area contributed by atoms with Crippen LogP contribution in [0.5, 0.6) is 11.5 Å². The number of aromatic hydroxyl groups is 2. The minimum atomic E-state index is -1.41. The molecule has 4 heterocycles. The molecular weight excluding hydrogens is 1560 g/mol. The van der Waals surface area contributed by atoms with Crippen molar-refractivity contribution in [3.63, 3.8) is 0 Å². The number of rotatable bonds is 35. The lowest BCUT2D eigenvalue weighted by Gasteiger charge is -2.27. The molecule has 1 aliphatic rings. The summed E-state index contributed by atoms with van der Waals surface area (Å²) in [7, 11) is 0. The molecule has 3 aromatic heterocycles. The monoisotopic (exact) mass is 1650 g/mol. The minimum Gasteiger partial charge on any atom is -0.508 e. The number of para-hydroxylation sites is 1. The van der Waals surface area contributed by atoms with E-state index >= 15 is 4.79 Å². The first-order valence-electron chi connectivity index (χ1n) is 36.8. The van der Waals surface area contributed by atoms with Crippen LogP contribution in [0.4, 0.5) is 10.1 Å². The summed E-state index contributed by atoms with van der Waals surface area (Å²) in [4.78, 5) is 134. The third kappa shape index (κ3) is 29.9. The van der Waals surface area contributed by atoms with Crippen LogP contribution < -0.4 is 48.4 Å². The number of nitrogens with two attached hydrogens (primary N) is 1. The molecule has 0 spiro atoms. The van der Waals surface area contributed by atoms with Gasteiger partial charge in [0.05, 0.1) is 107 Å². The Kier molecular flexibility index (Phi) is 36.4. The highest BCUT2D eigenvalue weighted by Gasteiger charge is 2.36. The van der Waals surface area contributed by atoms with Crippen molar-refractivity contribution in [3.8, 4) is 11.5 Å². The maximum atomic E-state index is 15.1. The molecule has 8 amide bonds. The fourth-order valence-electron chi connectivity index (χ4n) is 11.6. The number of carbonyl (C=O) groups is 9. The predicted octanol–water partition coefficient (Wildman–Crippen LogP) is 3.01. The summed E-state index contributed by atoms with van der Waals surface area (Å²) in [5.74, 6) is -8.53. The van der Waals surface area contributed by atoms with Crippen molar-refractivity contribution >= 4 is 103 Å². The Balaban J connectivity index is 0.815. The number of aromatic amines is 1. The van der Waals surface area contributed by atoms with Crippen LogP contribution in [0.2, 0.25) is 0 Å². The number of hydrogen-bond donors (Lipinski definition) is 13. The number of amidine groups is 1. The summed E-state index contributed by atoms with van der Waals surface area (Å²) in [5, 5.41) is 66.2. The predicted molar refractivity (Wildman–Crippen MR) is 410 cm³/mol. The second-order valence-corrected chi connectivity index (χ2v) is 28.5.